The number of H-pyrrole nitrogens is 1. The Morgan fingerprint density at radius 1 is 0.958 bits per heavy atom. The van der Waals surface area contributed by atoms with Crippen molar-refractivity contribution in [3.8, 4) is 0 Å². The predicted molar refractivity (Wildman–Crippen MR) is 104 cm³/mol. The van der Waals surface area contributed by atoms with Crippen molar-refractivity contribution in [2.75, 3.05) is 0 Å². The van der Waals surface area contributed by atoms with Gasteiger partial charge in [0.05, 0.1) is 21.1 Å². The number of aryl methyl sites for hydroxylation is 1. The van der Waals surface area contributed by atoms with Crippen molar-refractivity contribution in [2.24, 2.45) is 5.92 Å². The molecule has 1 aromatic heterocycles. The molecule has 1 atom stereocenters. The van der Waals surface area contributed by atoms with Crippen molar-refractivity contribution in [3.63, 3.8) is 0 Å². The first-order chi connectivity index (χ1) is 11.4. The van der Waals surface area contributed by atoms with E-state index in [-0.39, 0.29) is 0 Å². The van der Waals surface area contributed by atoms with E-state index >= 15 is 0 Å². The van der Waals surface area contributed by atoms with Crippen molar-refractivity contribution >= 4 is 57.4 Å². The van der Waals surface area contributed by atoms with Crippen LogP contribution in [0.25, 0.3) is 11.0 Å². The lowest BCUT2D eigenvalue weighted by Crippen LogP contribution is -2.03. The summed E-state index contributed by atoms with van der Waals surface area (Å²) in [6.07, 6.45) is 2.81. The molecule has 0 bridgehead atoms. The quantitative estimate of drug-likeness (QED) is 0.490. The van der Waals surface area contributed by atoms with Gasteiger partial charge in [0.2, 0.25) is 0 Å². The molecule has 1 unspecified atom stereocenters. The number of aromatic amines is 1. The molecule has 3 rings (SSSR count). The maximum atomic E-state index is 6.04. The largest absolute Gasteiger partial charge is 0.342 e. The Balaban J connectivity index is 1.65. The second-order valence-electron chi connectivity index (χ2n) is 6.09. The minimum absolute atomic E-state index is 0.467. The predicted octanol–water partition coefficient (Wildman–Crippen LogP) is 6.99. The molecule has 2 aromatic carbocycles. The Kier molecular flexibility index (Phi) is 5.61. The average Bonchev–Trinajstić information content (AvgIpc) is 2.86. The third-order valence-corrected chi connectivity index (χ3v) is 5.12. The van der Waals surface area contributed by atoms with Crippen molar-refractivity contribution in [2.45, 2.75) is 26.2 Å². The van der Waals surface area contributed by atoms with Crippen LogP contribution in [-0.4, -0.2) is 9.97 Å². The van der Waals surface area contributed by atoms with E-state index in [1.807, 2.05) is 18.2 Å². The van der Waals surface area contributed by atoms with Crippen LogP contribution in [0, 0.1) is 5.92 Å². The molecule has 2 nitrogen and oxygen atoms in total. The first-order valence-electron chi connectivity index (χ1n) is 7.69. The van der Waals surface area contributed by atoms with Crippen LogP contribution in [0.2, 0.25) is 20.1 Å². The van der Waals surface area contributed by atoms with Gasteiger partial charge in [-0.25, -0.2) is 4.98 Å². The minimum atomic E-state index is 0.467. The molecule has 0 radical (unpaired) electrons. The highest BCUT2D eigenvalue weighted by Gasteiger charge is 2.11. The third-order valence-electron chi connectivity index (χ3n) is 3.96. The number of nitrogens with one attached hydrogen (secondary N) is 1. The standard InChI is InChI=1S/C18H16Cl4N2/c1-10(2-3-11-5-12(19)7-13(20)6-11)4-18-23-16-8-14(21)15(22)9-17(16)24-18/h5-10H,2-4H2,1H3,(H,23,24). The molecular weight excluding hydrogens is 386 g/mol. The number of nitrogens with zero attached hydrogens (tertiary/aromatic N) is 1. The van der Waals surface area contributed by atoms with Gasteiger partial charge in [0, 0.05) is 16.5 Å². The van der Waals surface area contributed by atoms with Crippen LogP contribution in [0.5, 0.6) is 0 Å². The molecule has 6 heteroatoms. The average molecular weight is 402 g/mol. The zero-order valence-corrected chi connectivity index (χ0v) is 16.1. The fourth-order valence-electron chi connectivity index (χ4n) is 2.75. The van der Waals surface area contributed by atoms with Crippen molar-refractivity contribution in [3.05, 3.63) is 61.8 Å². The van der Waals surface area contributed by atoms with Crippen molar-refractivity contribution in [1.29, 1.82) is 0 Å². The van der Waals surface area contributed by atoms with Crippen LogP contribution in [0.1, 0.15) is 24.7 Å². The summed E-state index contributed by atoms with van der Waals surface area (Å²) in [5, 5.41) is 2.41. The fourth-order valence-corrected chi connectivity index (χ4v) is 3.65. The molecule has 0 fully saturated rings. The highest BCUT2D eigenvalue weighted by Crippen LogP contribution is 2.27. The molecule has 24 heavy (non-hydrogen) atoms. The van der Waals surface area contributed by atoms with Gasteiger partial charge in [-0.3, -0.25) is 0 Å². The van der Waals surface area contributed by atoms with E-state index in [0.717, 1.165) is 41.7 Å². The van der Waals surface area contributed by atoms with Gasteiger partial charge in [-0.15, -0.1) is 0 Å². The normalized spacial score (nSPS) is 12.7. The highest BCUT2D eigenvalue weighted by molar-refractivity contribution is 6.42. The number of halogens is 4. The lowest BCUT2D eigenvalue weighted by molar-refractivity contribution is 0.519. The molecular formula is C18H16Cl4N2. The van der Waals surface area contributed by atoms with E-state index in [2.05, 4.69) is 16.9 Å². The molecule has 0 saturated heterocycles. The topological polar surface area (TPSA) is 28.7 Å². The highest BCUT2D eigenvalue weighted by atomic mass is 35.5. The van der Waals surface area contributed by atoms with Crippen LogP contribution >= 0.6 is 46.4 Å². The SMILES string of the molecule is CC(CCc1cc(Cl)cc(Cl)c1)Cc1nc2cc(Cl)c(Cl)cc2[nH]1. The molecule has 0 aliphatic carbocycles. The van der Waals surface area contributed by atoms with E-state index < -0.39 is 0 Å². The Hall–Kier alpha value is -0.930. The van der Waals surface area contributed by atoms with Crippen LogP contribution in [0.4, 0.5) is 0 Å². The van der Waals surface area contributed by atoms with E-state index in [1.54, 1.807) is 12.1 Å². The molecule has 0 aliphatic rings. The van der Waals surface area contributed by atoms with Crippen molar-refractivity contribution < 1.29 is 0 Å². The smallest absolute Gasteiger partial charge is 0.107 e. The van der Waals surface area contributed by atoms with Gasteiger partial charge in [0.15, 0.2) is 0 Å². The summed E-state index contributed by atoms with van der Waals surface area (Å²) in [6.45, 7) is 2.21. The molecule has 0 aliphatic heterocycles. The van der Waals surface area contributed by atoms with E-state index in [4.69, 9.17) is 46.4 Å². The van der Waals surface area contributed by atoms with Crippen LogP contribution < -0.4 is 0 Å². The minimum Gasteiger partial charge on any atom is -0.342 e. The van der Waals surface area contributed by atoms with Crippen LogP contribution in [-0.2, 0) is 12.8 Å². The summed E-state index contributed by atoms with van der Waals surface area (Å²) < 4.78 is 0. The Bertz CT molecular complexity index is 814. The van der Waals surface area contributed by atoms with Gasteiger partial charge in [0.25, 0.3) is 0 Å². The van der Waals surface area contributed by atoms with Crippen LogP contribution in [0.3, 0.4) is 0 Å². The Morgan fingerprint density at radius 2 is 1.62 bits per heavy atom. The summed E-state index contributed by atoms with van der Waals surface area (Å²) >= 11 is 24.2. The first-order valence-corrected chi connectivity index (χ1v) is 9.20. The van der Waals surface area contributed by atoms with Gasteiger partial charge >= 0.3 is 0 Å². The number of hydrogen-bond acceptors (Lipinski definition) is 1. The third kappa shape index (κ3) is 4.37. The summed E-state index contributed by atoms with van der Waals surface area (Å²) in [4.78, 5) is 7.91. The number of rotatable bonds is 5. The number of imidazole rings is 1. The second kappa shape index (κ2) is 7.53. The Morgan fingerprint density at radius 3 is 2.33 bits per heavy atom. The van der Waals surface area contributed by atoms with E-state index in [9.17, 15) is 0 Å². The fraction of sp³-hybridized carbons (Fsp3) is 0.278. The molecule has 0 saturated carbocycles. The van der Waals surface area contributed by atoms with Gasteiger partial charge in [0.1, 0.15) is 5.82 Å². The van der Waals surface area contributed by atoms with Gasteiger partial charge < -0.3 is 4.98 Å². The summed E-state index contributed by atoms with van der Waals surface area (Å²) in [5.74, 6) is 1.41. The molecule has 0 spiro atoms. The zero-order valence-electron chi connectivity index (χ0n) is 13.0. The van der Waals surface area contributed by atoms with Gasteiger partial charge in [-0.2, -0.15) is 0 Å². The van der Waals surface area contributed by atoms with Crippen molar-refractivity contribution in [1.82, 2.24) is 9.97 Å². The van der Waals surface area contributed by atoms with E-state index in [1.165, 1.54) is 0 Å². The summed E-state index contributed by atoms with van der Waals surface area (Å²) in [6, 6.07) is 9.28. The lowest BCUT2D eigenvalue weighted by atomic mass is 9.98. The number of benzene rings is 2. The maximum Gasteiger partial charge on any atom is 0.107 e. The molecule has 0 amide bonds. The molecule has 3 aromatic rings. The summed E-state index contributed by atoms with van der Waals surface area (Å²) in [7, 11) is 0. The zero-order chi connectivity index (χ0) is 17.3. The molecule has 126 valence electrons. The number of hydrogen-bond donors (Lipinski definition) is 1. The molecule has 1 N–H and O–H groups in total. The monoisotopic (exact) mass is 400 g/mol. The lowest BCUT2D eigenvalue weighted by Gasteiger charge is -2.10. The maximum absolute atomic E-state index is 6.04. The van der Waals surface area contributed by atoms with E-state index in [0.29, 0.717) is 26.0 Å². The Labute approximate surface area is 161 Å². The first kappa shape index (κ1) is 17.9. The molecule has 1 heterocycles. The van der Waals surface area contributed by atoms with Gasteiger partial charge in [-0.05, 0) is 54.7 Å². The summed E-state index contributed by atoms with van der Waals surface area (Å²) in [5.41, 5.74) is 2.91. The van der Waals surface area contributed by atoms with Crippen LogP contribution in [0.15, 0.2) is 30.3 Å². The number of aromatic nitrogens is 2. The number of fused-ring (bicyclic) bond motifs is 1. The van der Waals surface area contributed by atoms with Gasteiger partial charge in [-0.1, -0.05) is 53.3 Å². The second-order valence-corrected chi connectivity index (χ2v) is 7.78.